The van der Waals surface area contributed by atoms with E-state index in [4.69, 9.17) is 9.47 Å². The molecule has 2 amide bonds. The van der Waals surface area contributed by atoms with Gasteiger partial charge < -0.3 is 24.8 Å². The van der Waals surface area contributed by atoms with Gasteiger partial charge >= 0.3 is 12.1 Å². The second-order valence-electron chi connectivity index (χ2n) is 11.6. The van der Waals surface area contributed by atoms with Crippen molar-refractivity contribution in [3.8, 4) is 0 Å². The summed E-state index contributed by atoms with van der Waals surface area (Å²) in [5.74, 6) is -3.30. The predicted octanol–water partition coefficient (Wildman–Crippen LogP) is 4.27. The second-order valence-corrected chi connectivity index (χ2v) is 14.9. The number of carboxylic acids is 1. The largest absolute Gasteiger partial charge is 0.508 e. The number of ketones is 1. The van der Waals surface area contributed by atoms with Crippen molar-refractivity contribution in [2.75, 3.05) is 6.61 Å². The third-order valence-electron chi connectivity index (χ3n) is 8.60. The van der Waals surface area contributed by atoms with Gasteiger partial charge in [-0.1, -0.05) is 128 Å². The number of likely N-dealkylation sites (tertiary alicyclic amines) is 1. The van der Waals surface area contributed by atoms with Crippen molar-refractivity contribution < 1.29 is 38.6 Å². The van der Waals surface area contributed by atoms with Crippen LogP contribution in [0.1, 0.15) is 29.3 Å². The first-order valence-electron chi connectivity index (χ1n) is 16.0. The van der Waals surface area contributed by atoms with E-state index in [1.165, 1.54) is 17.9 Å². The fourth-order valence-electron chi connectivity index (χ4n) is 6.40. The van der Waals surface area contributed by atoms with E-state index in [9.17, 15) is 29.1 Å². The third-order valence-corrected chi connectivity index (χ3v) is 12.9. The van der Waals surface area contributed by atoms with Crippen LogP contribution in [0.5, 0.6) is 0 Å². The van der Waals surface area contributed by atoms with Gasteiger partial charge in [0.2, 0.25) is 12.3 Å². The average Bonchev–Trinajstić information content (AvgIpc) is 3.14. The van der Waals surface area contributed by atoms with Gasteiger partial charge in [0.25, 0.3) is 0 Å². The van der Waals surface area contributed by atoms with Crippen LogP contribution in [0, 0.1) is 5.92 Å². The van der Waals surface area contributed by atoms with Crippen molar-refractivity contribution in [1.82, 2.24) is 10.2 Å². The monoisotopic (exact) mass is 692 g/mol. The quantitative estimate of drug-likeness (QED) is 0.0471. The average molecular weight is 693 g/mol. The fourth-order valence-corrected chi connectivity index (χ4v) is 10.7. The van der Waals surface area contributed by atoms with Gasteiger partial charge in [-0.05, 0) is 28.4 Å². The molecule has 1 saturated heterocycles. The maximum Gasteiger partial charge on any atom is 0.508 e. The Balaban J connectivity index is 1.72. The number of carbonyl (C=O) groups is 5. The van der Waals surface area contributed by atoms with Gasteiger partial charge in [-0.25, -0.2) is 9.59 Å². The van der Waals surface area contributed by atoms with Crippen LogP contribution >= 0.6 is 6.89 Å². The molecule has 4 aromatic carbocycles. The summed E-state index contributed by atoms with van der Waals surface area (Å²) in [4.78, 5) is 66.6. The highest BCUT2D eigenvalue weighted by atomic mass is 31.2. The highest BCUT2D eigenvalue weighted by Crippen LogP contribution is 2.50. The van der Waals surface area contributed by atoms with Crippen LogP contribution in [0.2, 0.25) is 0 Å². The topological polar surface area (TPSA) is 139 Å². The zero-order chi connectivity index (χ0) is 35.7. The third kappa shape index (κ3) is 7.16. The maximum atomic E-state index is 14.4. The van der Waals surface area contributed by atoms with Crippen LogP contribution in [0.15, 0.2) is 128 Å². The molecule has 0 unspecified atom stereocenters. The van der Waals surface area contributed by atoms with Crippen LogP contribution < -0.4 is 21.2 Å². The molecule has 0 aromatic heterocycles. The smallest absolute Gasteiger partial charge is 0.477 e. The molecule has 10 nitrogen and oxygen atoms in total. The van der Waals surface area contributed by atoms with Crippen LogP contribution in [0.25, 0.3) is 0 Å². The van der Waals surface area contributed by atoms with E-state index < -0.39 is 43.0 Å². The minimum absolute atomic E-state index is 0.105. The number of carbonyl (C=O) groups excluding carboxylic acids is 4. The van der Waals surface area contributed by atoms with Crippen LogP contribution in [-0.4, -0.2) is 64.4 Å². The van der Waals surface area contributed by atoms with Crippen molar-refractivity contribution in [3.05, 3.63) is 139 Å². The van der Waals surface area contributed by atoms with Crippen LogP contribution in [-0.2, 0) is 30.4 Å². The van der Waals surface area contributed by atoms with Gasteiger partial charge in [0.1, 0.15) is 18.1 Å². The van der Waals surface area contributed by atoms with Crippen molar-refractivity contribution in [1.29, 1.82) is 0 Å². The van der Waals surface area contributed by atoms with E-state index in [2.05, 4.69) is 11.9 Å². The fraction of sp³-hybridized carbons (Fsp3) is 0.179. The molecule has 11 heteroatoms. The highest BCUT2D eigenvalue weighted by molar-refractivity contribution is 7.96. The SMILES string of the molecule is C=CCOC(=O)O[C@H](C)[C@H]1C(=O)N(C(C(=O)O)=P(c2ccccc2)(c2ccccc2)c2ccccc2)[C@@H]1CC(=O)c1ccc(CNC=O)cc1. The van der Waals surface area contributed by atoms with Gasteiger partial charge in [0.15, 0.2) is 5.78 Å². The van der Waals surface area contributed by atoms with E-state index in [1.54, 1.807) is 24.3 Å². The summed E-state index contributed by atoms with van der Waals surface area (Å²) in [6, 6.07) is 33.3. The molecular weight excluding hydrogens is 655 g/mol. The number of carboxylic acid groups (broad SMARTS) is 1. The molecule has 1 aliphatic rings. The Labute approximate surface area is 290 Å². The Kier molecular flexibility index (Phi) is 11.5. The van der Waals surface area contributed by atoms with Gasteiger partial charge in [0, 0.05) is 25.4 Å². The number of Topliss-reactive ketones (excluding diaryl/α,β-unsaturated/α-hetero) is 1. The number of ether oxygens (including phenoxy) is 2. The number of hydrogen-bond donors (Lipinski definition) is 2. The Hall–Kier alpha value is -5.73. The zero-order valence-electron chi connectivity index (χ0n) is 27.4. The molecule has 50 heavy (non-hydrogen) atoms. The molecular formula is C39H37N2O8P. The Morgan fingerprint density at radius 3 is 1.86 bits per heavy atom. The summed E-state index contributed by atoms with van der Waals surface area (Å²) in [6.45, 7) is 1.90. The summed E-state index contributed by atoms with van der Waals surface area (Å²) >= 11 is 0. The number of β-lactam (4-membered cyclic amide) rings is 1. The molecule has 0 radical (unpaired) electrons. The number of nitrogens with one attached hydrogen (secondary N) is 1. The van der Waals surface area contributed by atoms with E-state index in [1.807, 2.05) is 91.0 Å². The van der Waals surface area contributed by atoms with Gasteiger partial charge in [-0.2, -0.15) is 0 Å². The van der Waals surface area contributed by atoms with Gasteiger partial charge in [-0.15, -0.1) is 0 Å². The summed E-state index contributed by atoms with van der Waals surface area (Å²) in [5.41, 5.74) is 0.956. The maximum absolute atomic E-state index is 14.4. The lowest BCUT2D eigenvalue weighted by atomic mass is 9.79. The van der Waals surface area contributed by atoms with E-state index in [-0.39, 0.29) is 30.8 Å². The number of aliphatic carboxylic acids is 1. The normalized spacial score (nSPS) is 15.9. The Morgan fingerprint density at radius 1 is 0.880 bits per heavy atom. The lowest BCUT2D eigenvalue weighted by Crippen LogP contribution is -2.68. The number of hydrogen-bond acceptors (Lipinski definition) is 7. The molecule has 2 N–H and O–H groups in total. The molecule has 256 valence electrons. The summed E-state index contributed by atoms with van der Waals surface area (Å²) in [5, 5.41) is 15.9. The first kappa shape index (κ1) is 35.6. The Bertz CT molecular complexity index is 1810. The minimum atomic E-state index is -3.32. The van der Waals surface area contributed by atoms with Crippen molar-refractivity contribution >= 4 is 58.4 Å². The van der Waals surface area contributed by atoms with E-state index in [0.717, 1.165) is 5.56 Å². The molecule has 1 aliphatic heterocycles. The number of benzene rings is 4. The molecule has 0 bridgehead atoms. The summed E-state index contributed by atoms with van der Waals surface area (Å²) in [6.07, 6.45) is -0.378. The van der Waals surface area contributed by atoms with Crippen molar-refractivity contribution in [2.24, 2.45) is 5.92 Å². The lowest BCUT2D eigenvalue weighted by molar-refractivity contribution is -0.157. The molecule has 5 rings (SSSR count). The first-order valence-corrected chi connectivity index (χ1v) is 17.8. The molecule has 4 aromatic rings. The first-order chi connectivity index (χ1) is 24.2. The van der Waals surface area contributed by atoms with Crippen LogP contribution in [0.4, 0.5) is 4.79 Å². The number of amides is 2. The number of rotatable bonds is 15. The molecule has 0 saturated carbocycles. The summed E-state index contributed by atoms with van der Waals surface area (Å²) < 4.78 is 10.5. The van der Waals surface area contributed by atoms with Crippen molar-refractivity contribution in [2.45, 2.75) is 32.0 Å². The second kappa shape index (κ2) is 16.1. The van der Waals surface area contributed by atoms with Gasteiger partial charge in [0.05, 0.1) is 12.0 Å². The van der Waals surface area contributed by atoms with Gasteiger partial charge in [-0.3, -0.25) is 14.4 Å². The zero-order valence-corrected chi connectivity index (χ0v) is 28.3. The standard InChI is InChI=1S/C39H37N2O8P/c1-3-23-48-39(47)49-27(2)35-33(24-34(43)29-21-19-28(20-22-29)25-40-26-42)41(36(35)44)37(38(45)46)50(30-13-7-4-8-14-30,31-15-9-5-10-16-31)32-17-11-6-12-18-32/h3-22,26-27,33,35H,1,23-25H2,2H3,(H,40,42)(H,45,46)/t27-,33-,35-/m1/s1. The Morgan fingerprint density at radius 2 is 1.40 bits per heavy atom. The molecule has 1 fully saturated rings. The number of nitrogens with zero attached hydrogens (tertiary/aromatic N) is 1. The lowest BCUT2D eigenvalue weighted by Gasteiger charge is -2.50. The van der Waals surface area contributed by atoms with Crippen LogP contribution in [0.3, 0.4) is 0 Å². The molecule has 3 atom stereocenters. The van der Waals surface area contributed by atoms with Crippen molar-refractivity contribution in [3.63, 3.8) is 0 Å². The van der Waals surface area contributed by atoms with E-state index in [0.29, 0.717) is 27.9 Å². The molecule has 0 aliphatic carbocycles. The highest BCUT2D eigenvalue weighted by Gasteiger charge is 2.56. The summed E-state index contributed by atoms with van der Waals surface area (Å²) in [7, 11) is 0. The van der Waals surface area contributed by atoms with E-state index >= 15 is 0 Å². The predicted molar refractivity (Wildman–Crippen MR) is 192 cm³/mol. The minimum Gasteiger partial charge on any atom is -0.477 e. The molecule has 0 spiro atoms. The molecule has 1 heterocycles.